The Morgan fingerprint density at radius 3 is 3.00 bits per heavy atom. The van der Waals surface area contributed by atoms with Crippen LogP contribution >= 0.6 is 11.5 Å². The quantitative estimate of drug-likeness (QED) is 0.549. The minimum absolute atomic E-state index is 0.0657. The first-order chi connectivity index (χ1) is 4.88. The van der Waals surface area contributed by atoms with Gasteiger partial charge in [0, 0.05) is 0 Å². The monoisotopic (exact) mass is 153 g/mol. The topological polar surface area (TPSA) is 32.9 Å². The molecular weight excluding hydrogens is 146 g/mol. The fraction of sp³-hybridized carbons (Fsp3) is 0.286. The third kappa shape index (κ3) is 0.743. The normalized spacial score (nSPS) is 15.2. The zero-order valence-electron chi connectivity index (χ0n) is 5.39. The summed E-state index contributed by atoms with van der Waals surface area (Å²) in [6.07, 6.45) is 6.19. The van der Waals surface area contributed by atoms with Crippen molar-refractivity contribution in [2.75, 3.05) is 0 Å². The zero-order chi connectivity index (χ0) is 6.97. The molecule has 1 heterocycles. The molecule has 3 heteroatoms. The van der Waals surface area contributed by atoms with Crippen LogP contribution in [-0.4, -0.2) is 4.37 Å². The maximum absolute atomic E-state index is 11.0. The number of hydrogen-bond acceptors (Lipinski definition) is 2. The van der Waals surface area contributed by atoms with Crippen LogP contribution in [0.3, 0.4) is 0 Å². The van der Waals surface area contributed by atoms with E-state index in [2.05, 4.69) is 10.4 Å². The standard InChI is InChI=1S/C7H7NOS/c9-7-5-3-1-2-4-6(5)10-8-7/h3-4H,1-2H2,(H,8,9). The van der Waals surface area contributed by atoms with Crippen molar-refractivity contribution in [1.29, 1.82) is 0 Å². The van der Waals surface area contributed by atoms with Gasteiger partial charge in [0.1, 0.15) is 0 Å². The number of rotatable bonds is 0. The molecular formula is C7H7NOS. The zero-order valence-corrected chi connectivity index (χ0v) is 6.20. The molecule has 0 unspecified atom stereocenters. The molecule has 0 spiro atoms. The van der Waals surface area contributed by atoms with Crippen LogP contribution in [0.1, 0.15) is 12.8 Å². The molecule has 1 aliphatic carbocycles. The van der Waals surface area contributed by atoms with Gasteiger partial charge in [0.2, 0.25) is 0 Å². The van der Waals surface area contributed by atoms with Gasteiger partial charge in [0.25, 0.3) is 5.56 Å². The Morgan fingerprint density at radius 2 is 2.20 bits per heavy atom. The minimum atomic E-state index is 0.0657. The first kappa shape index (κ1) is 5.92. The smallest absolute Gasteiger partial charge is 0.265 e. The molecule has 2 nitrogen and oxygen atoms in total. The summed E-state index contributed by atoms with van der Waals surface area (Å²) >= 11 is 1.43. The maximum atomic E-state index is 11.0. The Hall–Kier alpha value is -0.830. The minimum Gasteiger partial charge on any atom is -0.277 e. The van der Waals surface area contributed by atoms with Crippen molar-refractivity contribution in [1.82, 2.24) is 4.37 Å². The lowest BCUT2D eigenvalue weighted by Crippen LogP contribution is -2.33. The number of aromatic amines is 1. The number of fused-ring (bicyclic) bond motifs is 1. The third-order valence-corrected chi connectivity index (χ3v) is 2.50. The van der Waals surface area contributed by atoms with E-state index in [9.17, 15) is 4.79 Å². The molecule has 0 aliphatic heterocycles. The van der Waals surface area contributed by atoms with Crippen LogP contribution in [0.25, 0.3) is 12.2 Å². The summed E-state index contributed by atoms with van der Waals surface area (Å²) in [5.74, 6) is 0. The Bertz CT molecular complexity index is 398. The van der Waals surface area contributed by atoms with Gasteiger partial charge in [0.15, 0.2) is 0 Å². The molecule has 1 aliphatic rings. The summed E-state index contributed by atoms with van der Waals surface area (Å²) in [7, 11) is 0. The maximum Gasteiger partial charge on any atom is 0.265 e. The van der Waals surface area contributed by atoms with Crippen molar-refractivity contribution < 1.29 is 0 Å². The van der Waals surface area contributed by atoms with Gasteiger partial charge < -0.3 is 0 Å². The molecule has 0 radical (unpaired) electrons. The molecule has 52 valence electrons. The van der Waals surface area contributed by atoms with Crippen LogP contribution in [-0.2, 0) is 0 Å². The van der Waals surface area contributed by atoms with Crippen LogP contribution in [0.4, 0.5) is 0 Å². The van der Waals surface area contributed by atoms with E-state index in [1.54, 1.807) is 0 Å². The van der Waals surface area contributed by atoms with Crippen molar-refractivity contribution in [3.63, 3.8) is 0 Å². The van der Waals surface area contributed by atoms with Gasteiger partial charge in [-0.25, -0.2) is 0 Å². The summed E-state index contributed by atoms with van der Waals surface area (Å²) < 4.78 is 3.81. The van der Waals surface area contributed by atoms with Gasteiger partial charge in [-0.1, -0.05) is 23.7 Å². The highest BCUT2D eigenvalue weighted by Gasteiger charge is 1.97. The molecule has 1 aromatic heterocycles. The van der Waals surface area contributed by atoms with Crippen molar-refractivity contribution in [2.24, 2.45) is 0 Å². The molecule has 10 heavy (non-hydrogen) atoms. The van der Waals surface area contributed by atoms with E-state index in [-0.39, 0.29) is 5.56 Å². The summed E-state index contributed by atoms with van der Waals surface area (Å²) in [4.78, 5) is 11.0. The highest BCUT2D eigenvalue weighted by atomic mass is 32.1. The summed E-state index contributed by atoms with van der Waals surface area (Å²) in [5, 5.41) is 0.872. The van der Waals surface area contributed by atoms with Gasteiger partial charge in [-0.2, -0.15) is 0 Å². The van der Waals surface area contributed by atoms with Crippen LogP contribution in [0, 0.1) is 0 Å². The first-order valence-electron chi connectivity index (χ1n) is 3.26. The average molecular weight is 153 g/mol. The second-order valence-corrected chi connectivity index (χ2v) is 3.14. The predicted molar refractivity (Wildman–Crippen MR) is 42.4 cm³/mol. The van der Waals surface area contributed by atoms with E-state index in [1.165, 1.54) is 11.5 Å². The van der Waals surface area contributed by atoms with E-state index < -0.39 is 0 Å². The van der Waals surface area contributed by atoms with E-state index in [1.807, 2.05) is 6.08 Å². The van der Waals surface area contributed by atoms with Crippen LogP contribution in [0.5, 0.6) is 0 Å². The molecule has 0 atom stereocenters. The fourth-order valence-corrected chi connectivity index (χ4v) is 1.91. The second kappa shape index (κ2) is 2.09. The Labute approximate surface area is 61.7 Å². The second-order valence-electron chi connectivity index (χ2n) is 2.30. The summed E-state index contributed by atoms with van der Waals surface area (Å²) in [6, 6.07) is 0. The lowest BCUT2D eigenvalue weighted by Gasteiger charge is -1.89. The van der Waals surface area contributed by atoms with Gasteiger partial charge in [-0.15, -0.1) is 0 Å². The van der Waals surface area contributed by atoms with Crippen molar-refractivity contribution in [2.45, 2.75) is 12.8 Å². The number of nitrogens with one attached hydrogen (secondary N) is 1. The Balaban J connectivity index is 3.02. The molecule has 0 aromatic carbocycles. The summed E-state index contributed by atoms with van der Waals surface area (Å²) in [5.41, 5.74) is 0.0657. The largest absolute Gasteiger partial charge is 0.277 e. The summed E-state index contributed by atoms with van der Waals surface area (Å²) in [6.45, 7) is 0. The van der Waals surface area contributed by atoms with Crippen LogP contribution < -0.4 is 15.3 Å². The van der Waals surface area contributed by atoms with E-state index in [0.29, 0.717) is 0 Å². The van der Waals surface area contributed by atoms with E-state index in [4.69, 9.17) is 0 Å². The molecule has 0 bridgehead atoms. The van der Waals surface area contributed by atoms with Gasteiger partial charge in [-0.3, -0.25) is 9.17 Å². The molecule has 0 saturated carbocycles. The Kier molecular flexibility index (Phi) is 1.24. The third-order valence-electron chi connectivity index (χ3n) is 1.61. The Morgan fingerprint density at radius 1 is 1.40 bits per heavy atom. The average Bonchev–Trinajstić information content (AvgIpc) is 2.34. The van der Waals surface area contributed by atoms with Crippen molar-refractivity contribution >= 4 is 23.7 Å². The first-order valence-corrected chi connectivity index (χ1v) is 4.07. The molecule has 0 amide bonds. The number of aromatic nitrogens is 1. The SMILES string of the molecule is O=c1[nH]sc2c1=CCCC=2. The van der Waals surface area contributed by atoms with E-state index in [0.717, 1.165) is 22.6 Å². The fourth-order valence-electron chi connectivity index (χ4n) is 1.11. The molecule has 0 saturated heterocycles. The van der Waals surface area contributed by atoms with Crippen LogP contribution in [0.2, 0.25) is 0 Å². The number of hydrogen-bond donors (Lipinski definition) is 1. The van der Waals surface area contributed by atoms with E-state index >= 15 is 0 Å². The van der Waals surface area contributed by atoms with Gasteiger partial charge in [-0.05, 0) is 12.8 Å². The molecule has 1 aromatic rings. The van der Waals surface area contributed by atoms with Crippen molar-refractivity contribution in [3.8, 4) is 0 Å². The lowest BCUT2D eigenvalue weighted by molar-refractivity contribution is 1.12. The molecule has 1 N–H and O–H groups in total. The number of H-pyrrole nitrogens is 1. The molecule has 2 rings (SSSR count). The van der Waals surface area contributed by atoms with Crippen LogP contribution in [0.15, 0.2) is 4.79 Å². The predicted octanol–water partition coefficient (Wildman–Crippen LogP) is -0.209. The highest BCUT2D eigenvalue weighted by Crippen LogP contribution is 1.93. The lowest BCUT2D eigenvalue weighted by atomic mass is 10.2. The van der Waals surface area contributed by atoms with Crippen molar-refractivity contribution in [3.05, 3.63) is 20.1 Å². The molecule has 0 fully saturated rings. The highest BCUT2D eigenvalue weighted by molar-refractivity contribution is 7.03. The van der Waals surface area contributed by atoms with Gasteiger partial charge in [0.05, 0.1) is 9.75 Å². The van der Waals surface area contributed by atoms with Gasteiger partial charge >= 0.3 is 0 Å².